The molecule has 7 heteroatoms. The summed E-state index contributed by atoms with van der Waals surface area (Å²) in [6.07, 6.45) is 0.166. The minimum atomic E-state index is -3.71. The van der Waals surface area contributed by atoms with E-state index in [1.807, 2.05) is 6.07 Å². The molecular weight excluding hydrogens is 396 g/mol. The quantitative estimate of drug-likeness (QED) is 0.617. The van der Waals surface area contributed by atoms with Crippen LogP contribution in [0.25, 0.3) is 0 Å². The van der Waals surface area contributed by atoms with Crippen LogP contribution in [0.1, 0.15) is 11.1 Å². The van der Waals surface area contributed by atoms with Crippen molar-refractivity contribution in [3.63, 3.8) is 0 Å². The summed E-state index contributed by atoms with van der Waals surface area (Å²) < 4.78 is 27.7. The minimum Gasteiger partial charge on any atom is -0.326 e. The molecule has 0 bridgehead atoms. The molecule has 0 aliphatic carbocycles. The standard InChI is InChI=1S/C21H19ClN2O3S/c1-15-10-11-18(23-21(25)13-16-6-5-7-17(22)12-16)14-20(15)24-28(26,27)19-8-3-2-4-9-19/h2-12,14,24H,13H2,1H3,(H,23,25). The van der Waals surface area contributed by atoms with Crippen molar-refractivity contribution in [3.8, 4) is 0 Å². The smallest absolute Gasteiger partial charge is 0.261 e. The lowest BCUT2D eigenvalue weighted by molar-refractivity contribution is -0.115. The number of nitrogens with one attached hydrogen (secondary N) is 2. The van der Waals surface area contributed by atoms with Crippen molar-refractivity contribution in [1.82, 2.24) is 0 Å². The third kappa shape index (κ3) is 5.12. The van der Waals surface area contributed by atoms with Gasteiger partial charge in [-0.05, 0) is 54.4 Å². The largest absolute Gasteiger partial charge is 0.326 e. The zero-order valence-electron chi connectivity index (χ0n) is 15.1. The van der Waals surface area contributed by atoms with Gasteiger partial charge in [0.25, 0.3) is 10.0 Å². The van der Waals surface area contributed by atoms with Crippen molar-refractivity contribution in [3.05, 3.63) is 88.9 Å². The van der Waals surface area contributed by atoms with Crippen LogP contribution in [0.15, 0.2) is 77.7 Å². The molecule has 0 aliphatic rings. The Bertz CT molecular complexity index is 1100. The van der Waals surface area contributed by atoms with Crippen molar-refractivity contribution >= 4 is 38.9 Å². The monoisotopic (exact) mass is 414 g/mol. The Morgan fingerprint density at radius 3 is 2.43 bits per heavy atom. The van der Waals surface area contributed by atoms with Gasteiger partial charge in [-0.1, -0.05) is 48.0 Å². The molecular formula is C21H19ClN2O3S. The second-order valence-corrected chi connectivity index (χ2v) is 8.42. The van der Waals surface area contributed by atoms with Crippen LogP contribution in [0.2, 0.25) is 5.02 Å². The molecule has 0 fully saturated rings. The van der Waals surface area contributed by atoms with Crippen LogP contribution in [0.3, 0.4) is 0 Å². The number of rotatable bonds is 6. The molecule has 3 rings (SSSR count). The molecule has 28 heavy (non-hydrogen) atoms. The Hall–Kier alpha value is -2.83. The summed E-state index contributed by atoms with van der Waals surface area (Å²) in [4.78, 5) is 12.5. The number of anilines is 2. The number of sulfonamides is 1. The number of benzene rings is 3. The predicted octanol–water partition coefficient (Wildman–Crippen LogP) is 4.63. The van der Waals surface area contributed by atoms with E-state index < -0.39 is 10.0 Å². The van der Waals surface area contributed by atoms with Crippen LogP contribution < -0.4 is 10.0 Å². The predicted molar refractivity (Wildman–Crippen MR) is 112 cm³/mol. The summed E-state index contributed by atoms with van der Waals surface area (Å²) in [6, 6.07) is 20.3. The minimum absolute atomic E-state index is 0.166. The van der Waals surface area contributed by atoms with E-state index in [4.69, 9.17) is 11.6 Å². The molecule has 144 valence electrons. The maximum atomic E-state index is 12.5. The first-order valence-electron chi connectivity index (χ1n) is 8.56. The summed E-state index contributed by atoms with van der Waals surface area (Å²) in [5, 5.41) is 3.35. The number of amides is 1. The Balaban J connectivity index is 1.75. The third-order valence-corrected chi connectivity index (χ3v) is 5.69. The van der Waals surface area contributed by atoms with Gasteiger partial charge >= 0.3 is 0 Å². The summed E-state index contributed by atoms with van der Waals surface area (Å²) in [5.41, 5.74) is 2.45. The maximum Gasteiger partial charge on any atom is 0.261 e. The van der Waals surface area contributed by atoms with Gasteiger partial charge in [-0.3, -0.25) is 9.52 Å². The molecule has 0 saturated carbocycles. The first-order valence-corrected chi connectivity index (χ1v) is 10.4. The molecule has 5 nitrogen and oxygen atoms in total. The highest BCUT2D eigenvalue weighted by Gasteiger charge is 2.15. The molecule has 1 amide bonds. The molecule has 0 radical (unpaired) electrons. The fourth-order valence-electron chi connectivity index (χ4n) is 2.65. The molecule has 0 heterocycles. The van der Waals surface area contributed by atoms with Gasteiger partial charge in [-0.25, -0.2) is 8.42 Å². The number of hydrogen-bond acceptors (Lipinski definition) is 3. The van der Waals surface area contributed by atoms with Gasteiger partial charge in [0.15, 0.2) is 0 Å². The fourth-order valence-corrected chi connectivity index (χ4v) is 4.01. The molecule has 3 aromatic rings. The Morgan fingerprint density at radius 2 is 1.71 bits per heavy atom. The Morgan fingerprint density at radius 1 is 0.964 bits per heavy atom. The molecule has 0 aliphatic heterocycles. The van der Waals surface area contributed by atoms with E-state index in [0.717, 1.165) is 11.1 Å². The SMILES string of the molecule is Cc1ccc(NC(=O)Cc2cccc(Cl)c2)cc1NS(=O)(=O)c1ccccc1. The average molecular weight is 415 g/mol. The van der Waals surface area contributed by atoms with E-state index in [1.165, 1.54) is 12.1 Å². The van der Waals surface area contributed by atoms with Gasteiger partial charge in [0, 0.05) is 10.7 Å². The molecule has 2 N–H and O–H groups in total. The second-order valence-electron chi connectivity index (χ2n) is 6.30. The summed E-state index contributed by atoms with van der Waals surface area (Å²) >= 11 is 5.94. The van der Waals surface area contributed by atoms with Gasteiger partial charge in [0.05, 0.1) is 17.0 Å². The fraction of sp³-hybridized carbons (Fsp3) is 0.0952. The van der Waals surface area contributed by atoms with Crippen LogP contribution in [-0.4, -0.2) is 14.3 Å². The molecule has 0 atom stereocenters. The van der Waals surface area contributed by atoms with Crippen molar-refractivity contribution in [2.45, 2.75) is 18.2 Å². The number of halogens is 1. The van der Waals surface area contributed by atoms with Gasteiger partial charge in [0.2, 0.25) is 5.91 Å². The summed E-state index contributed by atoms with van der Waals surface area (Å²) in [6.45, 7) is 1.79. The second kappa shape index (κ2) is 8.46. The average Bonchev–Trinajstić information content (AvgIpc) is 2.65. The van der Waals surface area contributed by atoms with Crippen LogP contribution in [0.4, 0.5) is 11.4 Å². The summed E-state index contributed by atoms with van der Waals surface area (Å²) in [7, 11) is -3.71. The lowest BCUT2D eigenvalue weighted by atomic mass is 10.1. The molecule has 0 unspecified atom stereocenters. The maximum absolute atomic E-state index is 12.5. The lowest BCUT2D eigenvalue weighted by Gasteiger charge is -2.13. The van der Waals surface area contributed by atoms with Crippen molar-refractivity contribution in [1.29, 1.82) is 0 Å². The number of carbonyl (C=O) groups excluding carboxylic acids is 1. The molecule has 0 saturated heterocycles. The highest BCUT2D eigenvalue weighted by atomic mass is 35.5. The van der Waals surface area contributed by atoms with E-state index in [9.17, 15) is 13.2 Å². The van der Waals surface area contributed by atoms with Crippen LogP contribution >= 0.6 is 11.6 Å². The Labute approximate surface area is 169 Å². The van der Waals surface area contributed by atoms with E-state index >= 15 is 0 Å². The zero-order valence-corrected chi connectivity index (χ0v) is 16.7. The van der Waals surface area contributed by atoms with E-state index in [0.29, 0.717) is 16.4 Å². The number of carbonyl (C=O) groups is 1. The van der Waals surface area contributed by atoms with Crippen LogP contribution in [0, 0.1) is 6.92 Å². The highest BCUT2D eigenvalue weighted by Crippen LogP contribution is 2.24. The molecule has 0 spiro atoms. The topological polar surface area (TPSA) is 75.3 Å². The van der Waals surface area contributed by atoms with Gasteiger partial charge < -0.3 is 5.32 Å². The lowest BCUT2D eigenvalue weighted by Crippen LogP contribution is -2.16. The first-order chi connectivity index (χ1) is 13.3. The van der Waals surface area contributed by atoms with E-state index in [2.05, 4.69) is 10.0 Å². The van der Waals surface area contributed by atoms with Gasteiger partial charge in [0.1, 0.15) is 0 Å². The van der Waals surface area contributed by atoms with Crippen LogP contribution in [-0.2, 0) is 21.2 Å². The van der Waals surface area contributed by atoms with Gasteiger partial charge in [-0.15, -0.1) is 0 Å². The first kappa shape index (κ1) is 19.9. The summed E-state index contributed by atoms with van der Waals surface area (Å²) in [5.74, 6) is -0.219. The molecule has 0 aromatic heterocycles. The van der Waals surface area contributed by atoms with Crippen LogP contribution in [0.5, 0.6) is 0 Å². The van der Waals surface area contributed by atoms with Crippen molar-refractivity contribution in [2.75, 3.05) is 10.0 Å². The normalized spacial score (nSPS) is 11.1. The Kier molecular flexibility index (Phi) is 6.02. The third-order valence-electron chi connectivity index (χ3n) is 4.07. The molecule has 3 aromatic carbocycles. The van der Waals surface area contributed by atoms with E-state index in [1.54, 1.807) is 61.5 Å². The highest BCUT2D eigenvalue weighted by molar-refractivity contribution is 7.92. The zero-order chi connectivity index (χ0) is 20.1. The van der Waals surface area contributed by atoms with Crippen molar-refractivity contribution in [2.24, 2.45) is 0 Å². The number of hydrogen-bond donors (Lipinski definition) is 2. The van der Waals surface area contributed by atoms with Crippen molar-refractivity contribution < 1.29 is 13.2 Å². The number of aryl methyl sites for hydroxylation is 1. The van der Waals surface area contributed by atoms with Gasteiger partial charge in [-0.2, -0.15) is 0 Å². The van der Waals surface area contributed by atoms with E-state index in [-0.39, 0.29) is 17.2 Å².